The maximum Gasteiger partial charge on any atom is 0.225 e. The predicted molar refractivity (Wildman–Crippen MR) is 108 cm³/mol. The molecule has 160 valence electrons. The monoisotopic (exact) mass is 422 g/mol. The molecule has 3 aliphatic rings. The van der Waals surface area contributed by atoms with Gasteiger partial charge in [-0.1, -0.05) is 0 Å². The van der Waals surface area contributed by atoms with Gasteiger partial charge in [0, 0.05) is 38.3 Å². The van der Waals surface area contributed by atoms with E-state index in [2.05, 4.69) is 9.97 Å². The Hall–Kier alpha value is -1.58. The van der Waals surface area contributed by atoms with Crippen molar-refractivity contribution in [3.8, 4) is 0 Å². The number of likely N-dealkylation sites (tertiary alicyclic amines) is 1. The van der Waals surface area contributed by atoms with Gasteiger partial charge in [0.1, 0.15) is 11.4 Å². The summed E-state index contributed by atoms with van der Waals surface area (Å²) in [4.78, 5) is 24.0. The van der Waals surface area contributed by atoms with Gasteiger partial charge in [-0.15, -0.1) is 0 Å². The van der Waals surface area contributed by atoms with Gasteiger partial charge in [0.05, 0.1) is 18.1 Å². The van der Waals surface area contributed by atoms with E-state index in [0.717, 1.165) is 36.3 Å². The summed E-state index contributed by atoms with van der Waals surface area (Å²) in [5, 5.41) is 0. The zero-order valence-electron chi connectivity index (χ0n) is 17.3. The molecule has 0 aromatic carbocycles. The van der Waals surface area contributed by atoms with Gasteiger partial charge >= 0.3 is 0 Å². The number of carbonyl (C=O) groups excluding carboxylic acids is 1. The summed E-state index contributed by atoms with van der Waals surface area (Å²) in [6.07, 6.45) is 5.43. The number of sulfonamides is 1. The van der Waals surface area contributed by atoms with Crippen LogP contribution < -0.4 is 0 Å². The molecule has 9 heteroatoms. The zero-order chi connectivity index (χ0) is 20.6. The van der Waals surface area contributed by atoms with Crippen molar-refractivity contribution in [3.05, 3.63) is 23.3 Å². The Labute approximate surface area is 172 Å². The molecule has 1 spiro atoms. The van der Waals surface area contributed by atoms with Crippen molar-refractivity contribution in [1.82, 2.24) is 19.2 Å². The first kappa shape index (κ1) is 20.7. The number of carbonyl (C=O) groups is 1. The summed E-state index contributed by atoms with van der Waals surface area (Å²) in [5.41, 5.74) is 1.75. The van der Waals surface area contributed by atoms with Crippen molar-refractivity contribution < 1.29 is 17.9 Å². The first-order valence-corrected chi connectivity index (χ1v) is 12.2. The minimum absolute atomic E-state index is 0.0866. The molecular weight excluding hydrogens is 392 g/mol. The highest BCUT2D eigenvalue weighted by Gasteiger charge is 2.44. The average Bonchev–Trinajstić information content (AvgIpc) is 2.75. The SMILES string of the molecule is CCS(=O)(=O)N1CCC(C(=O)N2CCC3(CC2)OCCc2cnc(C)nc23)CC1. The molecule has 1 aromatic heterocycles. The van der Waals surface area contributed by atoms with Crippen molar-refractivity contribution in [2.24, 2.45) is 5.92 Å². The fraction of sp³-hybridized carbons (Fsp3) is 0.750. The summed E-state index contributed by atoms with van der Waals surface area (Å²) in [7, 11) is -3.17. The Bertz CT molecular complexity index is 872. The highest BCUT2D eigenvalue weighted by molar-refractivity contribution is 7.89. The molecule has 29 heavy (non-hydrogen) atoms. The third-order valence-corrected chi connectivity index (χ3v) is 8.49. The standard InChI is InChI=1S/C20H30N4O4S/c1-3-29(26,27)24-9-4-16(5-10-24)19(25)23-11-7-20(8-12-23)18-17(6-13-28-20)14-21-15(2)22-18/h14,16H,3-13H2,1-2H3. The molecule has 2 fully saturated rings. The minimum atomic E-state index is -3.17. The van der Waals surface area contributed by atoms with Crippen molar-refractivity contribution >= 4 is 15.9 Å². The van der Waals surface area contributed by atoms with Crippen LogP contribution in [0.3, 0.4) is 0 Å². The maximum atomic E-state index is 13.0. The fourth-order valence-corrected chi connectivity index (χ4v) is 5.92. The number of aromatic nitrogens is 2. The van der Waals surface area contributed by atoms with E-state index in [1.165, 1.54) is 4.31 Å². The number of piperidine rings is 2. The lowest BCUT2D eigenvalue weighted by Crippen LogP contribution is -2.51. The molecule has 0 bridgehead atoms. The Morgan fingerprint density at radius 1 is 1.24 bits per heavy atom. The quantitative estimate of drug-likeness (QED) is 0.728. The lowest BCUT2D eigenvalue weighted by Gasteiger charge is -2.45. The van der Waals surface area contributed by atoms with Gasteiger partial charge in [-0.3, -0.25) is 4.79 Å². The smallest absolute Gasteiger partial charge is 0.225 e. The van der Waals surface area contributed by atoms with E-state index in [-0.39, 0.29) is 17.6 Å². The van der Waals surface area contributed by atoms with E-state index >= 15 is 0 Å². The van der Waals surface area contributed by atoms with Crippen molar-refractivity contribution in [3.63, 3.8) is 0 Å². The lowest BCUT2D eigenvalue weighted by atomic mass is 9.82. The number of rotatable bonds is 3. The van der Waals surface area contributed by atoms with Crippen molar-refractivity contribution in [1.29, 1.82) is 0 Å². The third kappa shape index (κ3) is 3.92. The van der Waals surface area contributed by atoms with Crippen LogP contribution in [-0.2, 0) is 31.6 Å². The molecule has 8 nitrogen and oxygen atoms in total. The number of nitrogens with zero attached hydrogens (tertiary/aromatic N) is 4. The molecule has 1 amide bonds. The maximum absolute atomic E-state index is 13.0. The lowest BCUT2D eigenvalue weighted by molar-refractivity contribution is -0.146. The van der Waals surface area contributed by atoms with Gasteiger partial charge in [-0.05, 0) is 51.5 Å². The second-order valence-electron chi connectivity index (χ2n) is 8.28. The number of hydrogen-bond acceptors (Lipinski definition) is 6. The van der Waals surface area contributed by atoms with E-state index in [9.17, 15) is 13.2 Å². The van der Waals surface area contributed by atoms with E-state index in [1.807, 2.05) is 18.0 Å². The summed E-state index contributed by atoms with van der Waals surface area (Å²) < 4.78 is 31.8. The molecule has 0 atom stereocenters. The largest absolute Gasteiger partial charge is 0.368 e. The molecule has 0 unspecified atom stereocenters. The molecule has 0 radical (unpaired) electrons. The van der Waals surface area contributed by atoms with Crippen LogP contribution in [0.25, 0.3) is 0 Å². The molecular formula is C20H30N4O4S. The number of hydrogen-bond donors (Lipinski definition) is 0. The van der Waals surface area contributed by atoms with E-state index < -0.39 is 15.6 Å². The normalized spacial score (nSPS) is 23.2. The Balaban J connectivity index is 1.39. The molecule has 4 heterocycles. The molecule has 4 rings (SSSR count). The second-order valence-corrected chi connectivity index (χ2v) is 10.5. The number of ether oxygens (including phenoxy) is 1. The van der Waals surface area contributed by atoms with Gasteiger partial charge in [-0.2, -0.15) is 0 Å². The van der Waals surface area contributed by atoms with Crippen LogP contribution in [0.5, 0.6) is 0 Å². The van der Waals surface area contributed by atoms with Gasteiger partial charge in [0.15, 0.2) is 0 Å². The van der Waals surface area contributed by atoms with E-state index in [4.69, 9.17) is 4.74 Å². The number of aryl methyl sites for hydroxylation is 1. The van der Waals surface area contributed by atoms with Crippen molar-refractivity contribution in [2.75, 3.05) is 38.5 Å². The fourth-order valence-electron chi connectivity index (χ4n) is 4.79. The molecule has 1 aromatic rings. The van der Waals surface area contributed by atoms with Gasteiger partial charge in [0.2, 0.25) is 15.9 Å². The van der Waals surface area contributed by atoms with Crippen LogP contribution in [-0.4, -0.2) is 72.0 Å². The summed E-state index contributed by atoms with van der Waals surface area (Å²) in [5.74, 6) is 0.935. The molecule has 2 saturated heterocycles. The third-order valence-electron chi connectivity index (χ3n) is 6.61. The summed E-state index contributed by atoms with van der Waals surface area (Å²) >= 11 is 0. The Morgan fingerprint density at radius 2 is 1.93 bits per heavy atom. The Kier molecular flexibility index (Phi) is 5.65. The highest BCUT2D eigenvalue weighted by atomic mass is 32.2. The van der Waals surface area contributed by atoms with E-state index in [1.54, 1.807) is 6.92 Å². The van der Waals surface area contributed by atoms with Crippen molar-refractivity contribution in [2.45, 2.75) is 51.6 Å². The molecule has 0 aliphatic carbocycles. The summed E-state index contributed by atoms with van der Waals surface area (Å²) in [6.45, 7) is 6.40. The number of amides is 1. The van der Waals surface area contributed by atoms with Crippen LogP contribution in [0.1, 0.15) is 49.7 Å². The van der Waals surface area contributed by atoms with Crippen LogP contribution in [0.15, 0.2) is 6.20 Å². The molecule has 3 aliphatic heterocycles. The zero-order valence-corrected chi connectivity index (χ0v) is 18.1. The van der Waals surface area contributed by atoms with Crippen LogP contribution >= 0.6 is 0 Å². The second kappa shape index (κ2) is 7.92. The first-order valence-electron chi connectivity index (χ1n) is 10.6. The minimum Gasteiger partial charge on any atom is -0.368 e. The molecule has 0 saturated carbocycles. The average molecular weight is 423 g/mol. The number of fused-ring (bicyclic) bond motifs is 2. The van der Waals surface area contributed by atoms with Gasteiger partial charge in [0.25, 0.3) is 0 Å². The topological polar surface area (TPSA) is 92.7 Å². The van der Waals surface area contributed by atoms with Gasteiger partial charge in [-0.25, -0.2) is 22.7 Å². The highest BCUT2D eigenvalue weighted by Crippen LogP contribution is 2.40. The predicted octanol–water partition coefficient (Wildman–Crippen LogP) is 1.24. The first-order chi connectivity index (χ1) is 13.8. The Morgan fingerprint density at radius 3 is 2.59 bits per heavy atom. The molecule has 0 N–H and O–H groups in total. The van der Waals surface area contributed by atoms with Crippen LogP contribution in [0, 0.1) is 12.8 Å². The van der Waals surface area contributed by atoms with Crippen LogP contribution in [0.4, 0.5) is 0 Å². The van der Waals surface area contributed by atoms with Crippen LogP contribution in [0.2, 0.25) is 0 Å². The van der Waals surface area contributed by atoms with Gasteiger partial charge < -0.3 is 9.64 Å². The summed E-state index contributed by atoms with van der Waals surface area (Å²) in [6, 6.07) is 0. The van der Waals surface area contributed by atoms with E-state index in [0.29, 0.717) is 45.6 Å².